The van der Waals surface area contributed by atoms with Gasteiger partial charge in [0.15, 0.2) is 12.1 Å². The van der Waals surface area contributed by atoms with Gasteiger partial charge in [-0.05, 0) is 43.5 Å². The Kier molecular flexibility index (Phi) is 13.0. The number of imide groups is 1. The number of carbonyl (C=O) groups is 6. The number of benzene rings is 2. The molecule has 226 valence electrons. The molecule has 2 fully saturated rings. The quantitative estimate of drug-likeness (QED) is 0.337. The maximum absolute atomic E-state index is 12.6. The summed E-state index contributed by atoms with van der Waals surface area (Å²) in [6.45, 7) is 2.98. The second kappa shape index (κ2) is 16.2. The molecule has 42 heavy (non-hydrogen) atoms. The number of urea groups is 1. The molecule has 15 heteroatoms. The summed E-state index contributed by atoms with van der Waals surface area (Å²) in [7, 11) is 0. The number of hydrogen-bond acceptors (Lipinski definition) is 7. The number of ether oxygens (including phenoxy) is 1. The molecule has 2 atom stereocenters. The van der Waals surface area contributed by atoms with E-state index in [1.54, 1.807) is 37.3 Å². The molecule has 4 rings (SSSR count). The maximum Gasteiger partial charge on any atom is 0.338 e. The van der Waals surface area contributed by atoms with Gasteiger partial charge in [-0.25, -0.2) is 23.6 Å². The summed E-state index contributed by atoms with van der Waals surface area (Å²) in [5, 5.41) is 28.3. The Morgan fingerprint density at radius 1 is 1.05 bits per heavy atom. The Hall–Kier alpha value is -4.37. The highest BCUT2D eigenvalue weighted by Crippen LogP contribution is 2.16. The van der Waals surface area contributed by atoms with Crippen molar-refractivity contribution in [2.75, 3.05) is 26.2 Å². The highest BCUT2D eigenvalue weighted by atomic mass is 79.9. The Morgan fingerprint density at radius 3 is 2.19 bits per heavy atom. The van der Waals surface area contributed by atoms with Gasteiger partial charge < -0.3 is 30.3 Å². The van der Waals surface area contributed by atoms with E-state index in [1.807, 2.05) is 0 Å². The zero-order valence-corrected chi connectivity index (χ0v) is 24.0. The molecule has 2 aliphatic rings. The Balaban J connectivity index is 0.000000266. The second-order valence-corrected chi connectivity index (χ2v) is 9.66. The van der Waals surface area contributed by atoms with Gasteiger partial charge in [-0.3, -0.25) is 14.5 Å². The van der Waals surface area contributed by atoms with Crippen molar-refractivity contribution in [3.05, 3.63) is 69.9 Å². The number of aliphatic carboxylic acids is 2. The molecule has 2 aliphatic heterocycles. The van der Waals surface area contributed by atoms with Crippen LogP contribution in [0.2, 0.25) is 0 Å². The van der Waals surface area contributed by atoms with Crippen LogP contribution in [0.4, 0.5) is 9.18 Å². The van der Waals surface area contributed by atoms with Crippen LogP contribution in [0.25, 0.3) is 0 Å². The lowest BCUT2D eigenvalue weighted by molar-refractivity contribution is -0.153. The molecule has 2 saturated heterocycles. The van der Waals surface area contributed by atoms with Gasteiger partial charge in [-0.15, -0.1) is 0 Å². The molecule has 0 bridgehead atoms. The first-order valence-corrected chi connectivity index (χ1v) is 13.4. The van der Waals surface area contributed by atoms with Gasteiger partial charge in [-0.1, -0.05) is 46.3 Å². The summed E-state index contributed by atoms with van der Waals surface area (Å²) in [6, 6.07) is 9.70. The fraction of sp³-hybridized carbons (Fsp3) is 0.333. The first-order chi connectivity index (χ1) is 19.9. The highest BCUT2D eigenvalue weighted by molar-refractivity contribution is 9.10. The van der Waals surface area contributed by atoms with Gasteiger partial charge in [0.05, 0.1) is 5.56 Å². The Bertz CT molecular complexity index is 1300. The van der Waals surface area contributed by atoms with Crippen LogP contribution in [0.1, 0.15) is 41.7 Å². The number of carbonyl (C=O) groups excluding carboxylic acids is 3. The standard InChI is InChI=1S/C15H17N3O5.C7H4BrFO2.C5H8O3/c1-2-17-8-9-18(13(20)12(17)19)15(23)16-11(14(21)22)10-6-4-3-5-7-10;8-4-1-2-6(9)5(3-4)7(10)11;6-5(7)4-2-1-3-8-4/h3-7,11H,2,8-9H2,1H3,(H,16,23)(H,21,22);1-3H,(H,10,11);4H,1-3H2,(H,6,7)/t11-;;/m1../s1. The SMILES string of the molecule is CCN1CCN(C(=O)N[C@@H](C(=O)O)c2ccccc2)C(=O)C1=O.O=C(O)C1CCCO1.O=C(O)c1cc(Br)ccc1F. The molecule has 0 spiro atoms. The van der Waals surface area contributed by atoms with E-state index in [9.17, 15) is 38.3 Å². The van der Waals surface area contributed by atoms with Crippen LogP contribution in [0.5, 0.6) is 0 Å². The zero-order valence-electron chi connectivity index (χ0n) is 22.4. The number of likely N-dealkylation sites (N-methyl/N-ethyl adjacent to an activating group) is 1. The molecule has 0 saturated carbocycles. The largest absolute Gasteiger partial charge is 0.479 e. The predicted molar refractivity (Wildman–Crippen MR) is 147 cm³/mol. The average molecular weight is 654 g/mol. The summed E-state index contributed by atoms with van der Waals surface area (Å²) >= 11 is 3.03. The van der Waals surface area contributed by atoms with Crippen LogP contribution in [0.15, 0.2) is 53.0 Å². The van der Waals surface area contributed by atoms with E-state index in [0.29, 0.717) is 29.6 Å². The van der Waals surface area contributed by atoms with Crippen LogP contribution < -0.4 is 5.32 Å². The predicted octanol–water partition coefficient (Wildman–Crippen LogP) is 2.75. The maximum atomic E-state index is 12.6. The summed E-state index contributed by atoms with van der Waals surface area (Å²) in [5.41, 5.74) is 0.0543. The van der Waals surface area contributed by atoms with E-state index in [-0.39, 0.29) is 18.7 Å². The number of carboxylic acid groups (broad SMARTS) is 3. The van der Waals surface area contributed by atoms with Crippen LogP contribution >= 0.6 is 15.9 Å². The number of piperazine rings is 1. The van der Waals surface area contributed by atoms with E-state index in [4.69, 9.17) is 14.9 Å². The first kappa shape index (κ1) is 33.8. The molecule has 4 amide bonds. The van der Waals surface area contributed by atoms with Gasteiger partial charge in [0.25, 0.3) is 0 Å². The number of carboxylic acids is 3. The van der Waals surface area contributed by atoms with E-state index >= 15 is 0 Å². The van der Waals surface area contributed by atoms with Crippen LogP contribution in [0.3, 0.4) is 0 Å². The van der Waals surface area contributed by atoms with E-state index in [1.165, 1.54) is 17.0 Å². The van der Waals surface area contributed by atoms with Crippen molar-refractivity contribution in [1.29, 1.82) is 0 Å². The van der Waals surface area contributed by atoms with Crippen LogP contribution in [0, 0.1) is 5.82 Å². The van der Waals surface area contributed by atoms with E-state index in [0.717, 1.165) is 17.4 Å². The number of rotatable bonds is 6. The summed E-state index contributed by atoms with van der Waals surface area (Å²) in [5.74, 6) is -5.78. The number of aromatic carboxylic acids is 1. The highest BCUT2D eigenvalue weighted by Gasteiger charge is 2.37. The minimum atomic E-state index is -1.30. The Morgan fingerprint density at radius 2 is 1.71 bits per heavy atom. The molecular weight excluding hydrogens is 625 g/mol. The molecule has 2 aromatic carbocycles. The van der Waals surface area contributed by atoms with Crippen molar-refractivity contribution < 1.29 is 53.2 Å². The molecule has 0 aliphatic carbocycles. The minimum Gasteiger partial charge on any atom is -0.479 e. The number of nitrogens with zero attached hydrogens (tertiary/aromatic N) is 2. The van der Waals surface area contributed by atoms with Crippen molar-refractivity contribution in [3.8, 4) is 0 Å². The van der Waals surface area contributed by atoms with Crippen molar-refractivity contribution in [1.82, 2.24) is 15.1 Å². The zero-order chi connectivity index (χ0) is 31.4. The smallest absolute Gasteiger partial charge is 0.338 e. The molecule has 1 unspecified atom stereocenters. The third-order valence-electron chi connectivity index (χ3n) is 5.95. The van der Waals surface area contributed by atoms with Crippen molar-refractivity contribution in [2.45, 2.75) is 31.9 Å². The number of hydrogen-bond donors (Lipinski definition) is 4. The molecule has 4 N–H and O–H groups in total. The fourth-order valence-corrected chi connectivity index (χ4v) is 4.10. The minimum absolute atomic E-state index is 0.0331. The van der Waals surface area contributed by atoms with Gasteiger partial charge in [0, 0.05) is 30.7 Å². The van der Waals surface area contributed by atoms with Crippen LogP contribution in [-0.4, -0.2) is 93.2 Å². The number of amides is 4. The van der Waals surface area contributed by atoms with Crippen molar-refractivity contribution >= 4 is 51.7 Å². The van der Waals surface area contributed by atoms with E-state index in [2.05, 4.69) is 21.2 Å². The molecule has 2 aromatic rings. The molecule has 0 aromatic heterocycles. The third kappa shape index (κ3) is 9.62. The van der Waals surface area contributed by atoms with Crippen molar-refractivity contribution in [2.24, 2.45) is 0 Å². The van der Waals surface area contributed by atoms with E-state index < -0.39 is 53.7 Å². The fourth-order valence-electron chi connectivity index (χ4n) is 3.74. The van der Waals surface area contributed by atoms with Crippen LogP contribution in [-0.2, 0) is 23.9 Å². The first-order valence-electron chi connectivity index (χ1n) is 12.6. The van der Waals surface area contributed by atoms with Gasteiger partial charge in [0.2, 0.25) is 0 Å². The third-order valence-corrected chi connectivity index (χ3v) is 6.44. The summed E-state index contributed by atoms with van der Waals surface area (Å²) < 4.78 is 18.0. The lowest BCUT2D eigenvalue weighted by atomic mass is 10.1. The number of halogens is 2. The molecule has 2 heterocycles. The average Bonchev–Trinajstić information content (AvgIpc) is 3.51. The summed E-state index contributed by atoms with van der Waals surface area (Å²) in [4.78, 5) is 69.8. The summed E-state index contributed by atoms with van der Waals surface area (Å²) in [6.07, 6.45) is 1.04. The monoisotopic (exact) mass is 653 g/mol. The molecular formula is C27H29BrFN3O10. The molecule has 0 radical (unpaired) electrons. The molecule has 13 nitrogen and oxygen atoms in total. The number of nitrogens with one attached hydrogen (secondary N) is 1. The topological polar surface area (TPSA) is 191 Å². The normalized spacial score (nSPS) is 16.8. The lowest BCUT2D eigenvalue weighted by Gasteiger charge is -2.32. The van der Waals surface area contributed by atoms with Gasteiger partial charge >= 0.3 is 35.8 Å². The van der Waals surface area contributed by atoms with Gasteiger partial charge in [0.1, 0.15) is 5.82 Å². The van der Waals surface area contributed by atoms with Gasteiger partial charge in [-0.2, -0.15) is 0 Å². The van der Waals surface area contributed by atoms with Crippen molar-refractivity contribution in [3.63, 3.8) is 0 Å². The lowest BCUT2D eigenvalue weighted by Crippen LogP contribution is -2.58. The second-order valence-electron chi connectivity index (χ2n) is 8.74. The Labute approximate surface area is 248 Å².